The Morgan fingerprint density at radius 2 is 1.16 bits per heavy atom. The lowest BCUT2D eigenvalue weighted by atomic mass is 9.90. The van der Waals surface area contributed by atoms with Crippen LogP contribution in [-0.2, 0) is 4.79 Å². The van der Waals surface area contributed by atoms with Crippen LogP contribution in [0.25, 0.3) is 0 Å². The second-order valence-corrected chi connectivity index (χ2v) is 7.59. The third-order valence-electron chi connectivity index (χ3n) is 5.66. The van der Waals surface area contributed by atoms with Gasteiger partial charge in [0.05, 0.1) is 11.5 Å². The lowest BCUT2D eigenvalue weighted by Crippen LogP contribution is -2.51. The van der Waals surface area contributed by atoms with Gasteiger partial charge in [0.15, 0.2) is 17.5 Å². The highest BCUT2D eigenvalue weighted by atomic mass is 19.2. The quantitative estimate of drug-likeness (QED) is 0.573. The average molecular weight is 438 g/mol. The van der Waals surface area contributed by atoms with Crippen LogP contribution in [0, 0.1) is 17.5 Å². The first-order valence-corrected chi connectivity index (χ1v) is 10.3. The van der Waals surface area contributed by atoms with E-state index in [0.29, 0.717) is 0 Å². The Labute approximate surface area is 183 Å². The molecule has 0 aromatic heterocycles. The highest BCUT2D eigenvalue weighted by Crippen LogP contribution is 2.27. The Kier molecular flexibility index (Phi) is 6.25. The molecular weight excluding hydrogens is 417 g/mol. The molecule has 1 fully saturated rings. The summed E-state index contributed by atoms with van der Waals surface area (Å²) in [5, 5.41) is 0. The Balaban J connectivity index is 1.50. The van der Waals surface area contributed by atoms with E-state index in [0.717, 1.165) is 23.3 Å². The molecule has 0 bridgehead atoms. The van der Waals surface area contributed by atoms with Crippen LogP contribution >= 0.6 is 0 Å². The van der Waals surface area contributed by atoms with Crippen molar-refractivity contribution in [3.05, 3.63) is 107 Å². The predicted molar refractivity (Wildman–Crippen MR) is 114 cm³/mol. The third-order valence-corrected chi connectivity index (χ3v) is 5.66. The van der Waals surface area contributed by atoms with Crippen molar-refractivity contribution in [3.63, 3.8) is 0 Å². The summed E-state index contributed by atoms with van der Waals surface area (Å²) < 4.78 is 40.7. The molecule has 1 aliphatic heterocycles. The lowest BCUT2D eigenvalue weighted by molar-refractivity contribution is -0.133. The van der Waals surface area contributed by atoms with E-state index in [-0.39, 0.29) is 32.1 Å². The van der Waals surface area contributed by atoms with Crippen LogP contribution in [0.1, 0.15) is 27.4 Å². The van der Waals surface area contributed by atoms with Crippen molar-refractivity contribution < 1.29 is 22.8 Å². The van der Waals surface area contributed by atoms with Gasteiger partial charge in [-0.15, -0.1) is 0 Å². The van der Waals surface area contributed by atoms with Gasteiger partial charge in [0.25, 0.3) is 5.91 Å². The normalized spacial score (nSPS) is 14.0. The van der Waals surface area contributed by atoms with E-state index in [9.17, 15) is 22.8 Å². The first-order valence-electron chi connectivity index (χ1n) is 10.3. The molecule has 3 aromatic carbocycles. The van der Waals surface area contributed by atoms with Gasteiger partial charge in [-0.25, -0.2) is 13.2 Å². The van der Waals surface area contributed by atoms with Gasteiger partial charge < -0.3 is 9.80 Å². The number of amides is 2. The van der Waals surface area contributed by atoms with Crippen molar-refractivity contribution >= 4 is 11.8 Å². The van der Waals surface area contributed by atoms with Crippen LogP contribution in [0.4, 0.5) is 13.2 Å². The lowest BCUT2D eigenvalue weighted by Gasteiger charge is -2.36. The summed E-state index contributed by atoms with van der Waals surface area (Å²) in [6.45, 7) is 0.844. The van der Waals surface area contributed by atoms with E-state index >= 15 is 0 Å². The van der Waals surface area contributed by atoms with Crippen LogP contribution in [-0.4, -0.2) is 47.8 Å². The van der Waals surface area contributed by atoms with E-state index < -0.39 is 34.8 Å². The van der Waals surface area contributed by atoms with Crippen molar-refractivity contribution in [2.75, 3.05) is 26.2 Å². The maximum Gasteiger partial charge on any atom is 0.257 e. The molecule has 3 aromatic rings. The van der Waals surface area contributed by atoms with Gasteiger partial charge in [0.2, 0.25) is 5.91 Å². The molecule has 1 aliphatic rings. The van der Waals surface area contributed by atoms with Crippen molar-refractivity contribution in [3.8, 4) is 0 Å². The van der Waals surface area contributed by atoms with Crippen LogP contribution in [0.5, 0.6) is 0 Å². The Bertz CT molecular complexity index is 1080. The summed E-state index contributed by atoms with van der Waals surface area (Å²) in [4.78, 5) is 29.1. The molecule has 32 heavy (non-hydrogen) atoms. The fraction of sp³-hybridized carbons (Fsp3) is 0.200. The van der Waals surface area contributed by atoms with Gasteiger partial charge in [-0.2, -0.15) is 0 Å². The number of hydrogen-bond acceptors (Lipinski definition) is 2. The molecule has 1 saturated heterocycles. The molecule has 2 amide bonds. The summed E-state index contributed by atoms with van der Waals surface area (Å²) in [7, 11) is 0. The number of carbonyl (C=O) groups is 2. The molecule has 0 spiro atoms. The number of rotatable bonds is 4. The molecule has 164 valence electrons. The maximum atomic E-state index is 14.0. The van der Waals surface area contributed by atoms with E-state index in [1.807, 2.05) is 60.7 Å². The summed E-state index contributed by atoms with van der Waals surface area (Å²) in [6, 6.07) is 20.6. The number of nitrogens with zero attached hydrogens (tertiary/aromatic N) is 2. The third kappa shape index (κ3) is 4.23. The molecule has 0 radical (unpaired) electrons. The Morgan fingerprint density at radius 3 is 1.69 bits per heavy atom. The van der Waals surface area contributed by atoms with Gasteiger partial charge in [-0.05, 0) is 23.3 Å². The smallest absolute Gasteiger partial charge is 0.257 e. The second kappa shape index (κ2) is 9.26. The molecule has 0 saturated carbocycles. The first kappa shape index (κ1) is 21.6. The topological polar surface area (TPSA) is 40.6 Å². The standard InChI is InChI=1S/C25H21F3N2O2/c26-20-12-11-19(22(27)23(20)28)24(31)29-13-15-30(16-14-29)25(32)21(17-7-3-1-4-8-17)18-9-5-2-6-10-18/h1-12,21H,13-16H2. The zero-order valence-electron chi connectivity index (χ0n) is 17.2. The van der Waals surface area contributed by atoms with Gasteiger partial charge in [0, 0.05) is 26.2 Å². The van der Waals surface area contributed by atoms with Crippen LogP contribution < -0.4 is 0 Å². The van der Waals surface area contributed by atoms with Gasteiger partial charge in [-0.1, -0.05) is 60.7 Å². The van der Waals surface area contributed by atoms with Crippen LogP contribution in [0.2, 0.25) is 0 Å². The number of benzene rings is 3. The summed E-state index contributed by atoms with van der Waals surface area (Å²) in [5.74, 6) is -5.81. The Morgan fingerprint density at radius 1 is 0.656 bits per heavy atom. The molecule has 4 nitrogen and oxygen atoms in total. The summed E-state index contributed by atoms with van der Waals surface area (Å²) >= 11 is 0. The van der Waals surface area contributed by atoms with E-state index in [4.69, 9.17) is 0 Å². The largest absolute Gasteiger partial charge is 0.338 e. The number of hydrogen-bond donors (Lipinski definition) is 0. The minimum atomic E-state index is -1.67. The molecule has 0 atom stereocenters. The average Bonchev–Trinajstić information content (AvgIpc) is 2.84. The maximum absolute atomic E-state index is 14.0. The fourth-order valence-corrected chi connectivity index (χ4v) is 3.94. The first-order chi connectivity index (χ1) is 15.5. The fourth-order valence-electron chi connectivity index (χ4n) is 3.94. The van der Waals surface area contributed by atoms with Crippen molar-refractivity contribution in [1.82, 2.24) is 9.80 Å². The van der Waals surface area contributed by atoms with Gasteiger partial charge in [-0.3, -0.25) is 9.59 Å². The minimum Gasteiger partial charge on any atom is -0.338 e. The van der Waals surface area contributed by atoms with Crippen LogP contribution in [0.15, 0.2) is 72.8 Å². The highest BCUT2D eigenvalue weighted by molar-refractivity contribution is 5.95. The molecule has 4 rings (SSSR count). The zero-order chi connectivity index (χ0) is 22.7. The van der Waals surface area contributed by atoms with Crippen molar-refractivity contribution in [2.24, 2.45) is 0 Å². The van der Waals surface area contributed by atoms with Crippen molar-refractivity contribution in [1.29, 1.82) is 0 Å². The van der Waals surface area contributed by atoms with Crippen molar-refractivity contribution in [2.45, 2.75) is 5.92 Å². The highest BCUT2D eigenvalue weighted by Gasteiger charge is 2.32. The summed E-state index contributed by atoms with van der Waals surface area (Å²) in [6.07, 6.45) is 0. The molecule has 0 aliphatic carbocycles. The molecule has 0 N–H and O–H groups in total. The number of carbonyl (C=O) groups excluding carboxylic acids is 2. The summed E-state index contributed by atoms with van der Waals surface area (Å²) in [5.41, 5.74) is 1.22. The van der Waals surface area contributed by atoms with Gasteiger partial charge >= 0.3 is 0 Å². The monoisotopic (exact) mass is 438 g/mol. The molecule has 7 heteroatoms. The predicted octanol–water partition coefficient (Wildman–Crippen LogP) is 4.22. The molecule has 1 heterocycles. The van der Waals surface area contributed by atoms with Crippen LogP contribution in [0.3, 0.4) is 0 Å². The molecule has 0 unspecified atom stereocenters. The minimum absolute atomic E-state index is 0.0893. The van der Waals surface area contributed by atoms with Gasteiger partial charge in [0.1, 0.15) is 0 Å². The van der Waals surface area contributed by atoms with E-state index in [1.54, 1.807) is 4.90 Å². The number of halogens is 3. The second-order valence-electron chi connectivity index (χ2n) is 7.59. The Hall–Kier alpha value is -3.61. The van der Waals surface area contributed by atoms with E-state index in [1.165, 1.54) is 4.90 Å². The zero-order valence-corrected chi connectivity index (χ0v) is 17.2. The van der Waals surface area contributed by atoms with E-state index in [2.05, 4.69) is 0 Å². The molecular formula is C25H21F3N2O2. The SMILES string of the molecule is O=C(c1ccc(F)c(F)c1F)N1CCN(C(=O)C(c2ccccc2)c2ccccc2)CC1. The number of piperazine rings is 1.